The zero-order valence-corrected chi connectivity index (χ0v) is 19.3. The van der Waals surface area contributed by atoms with Crippen LogP contribution in [0, 0.1) is 23.7 Å². The fourth-order valence-corrected chi connectivity index (χ4v) is 6.40. The molecular formula is C24H37F5OS. The lowest BCUT2D eigenvalue weighted by molar-refractivity contribution is 0.120. The summed E-state index contributed by atoms with van der Waals surface area (Å²) in [7, 11) is -9.76. The highest BCUT2D eigenvalue weighted by molar-refractivity contribution is 8.45. The largest absolute Gasteiger partial charge is 0.492 e. The molecule has 0 bridgehead atoms. The maximum atomic E-state index is 13.3. The number of ether oxygens (including phenoxy) is 1. The molecule has 0 atom stereocenters. The molecule has 3 rings (SSSR count). The third-order valence-electron chi connectivity index (χ3n) is 7.40. The average molecular weight is 469 g/mol. The van der Waals surface area contributed by atoms with Gasteiger partial charge >= 0.3 is 10.2 Å². The smallest absolute Gasteiger partial charge is 0.313 e. The van der Waals surface area contributed by atoms with Crippen LogP contribution >= 0.6 is 10.2 Å². The maximum absolute atomic E-state index is 13.3. The first-order valence-electron chi connectivity index (χ1n) is 11.9. The molecule has 1 aromatic carbocycles. The van der Waals surface area contributed by atoms with E-state index >= 15 is 0 Å². The zero-order chi connectivity index (χ0) is 22.6. The van der Waals surface area contributed by atoms with Crippen molar-refractivity contribution in [2.24, 2.45) is 23.7 Å². The Balaban J connectivity index is 1.44. The van der Waals surface area contributed by atoms with Crippen molar-refractivity contribution in [3.8, 4) is 5.75 Å². The van der Waals surface area contributed by atoms with E-state index < -0.39 is 20.9 Å². The molecule has 0 spiro atoms. The molecule has 180 valence electrons. The van der Waals surface area contributed by atoms with Gasteiger partial charge < -0.3 is 4.74 Å². The summed E-state index contributed by atoms with van der Waals surface area (Å²) in [5.74, 6) is 1.75. The van der Waals surface area contributed by atoms with Crippen LogP contribution in [-0.2, 0) is 0 Å². The van der Waals surface area contributed by atoms with Crippen LogP contribution in [0.2, 0.25) is 0 Å². The quantitative estimate of drug-likeness (QED) is 0.259. The second-order valence-corrected chi connectivity index (χ2v) is 12.2. The van der Waals surface area contributed by atoms with Gasteiger partial charge in [-0.05, 0) is 74.3 Å². The Morgan fingerprint density at radius 3 is 1.87 bits per heavy atom. The summed E-state index contributed by atoms with van der Waals surface area (Å²) >= 11 is 0. The number of hydrogen-bond donors (Lipinski definition) is 0. The molecule has 2 fully saturated rings. The van der Waals surface area contributed by atoms with Crippen molar-refractivity contribution < 1.29 is 24.2 Å². The molecule has 7 heteroatoms. The van der Waals surface area contributed by atoms with Crippen LogP contribution in [0.4, 0.5) is 19.4 Å². The number of unbranched alkanes of at least 4 members (excludes halogenated alkanes) is 2. The van der Waals surface area contributed by atoms with Crippen molar-refractivity contribution in [1.29, 1.82) is 0 Å². The zero-order valence-electron chi connectivity index (χ0n) is 18.5. The minimum absolute atomic E-state index is 0.0712. The average Bonchev–Trinajstić information content (AvgIpc) is 2.72. The van der Waals surface area contributed by atoms with E-state index in [2.05, 4.69) is 6.92 Å². The number of hydrogen-bond acceptors (Lipinski definition) is 1. The summed E-state index contributed by atoms with van der Waals surface area (Å²) < 4.78 is 71.6. The first-order chi connectivity index (χ1) is 14.5. The van der Waals surface area contributed by atoms with E-state index in [-0.39, 0.29) is 12.5 Å². The van der Waals surface area contributed by atoms with E-state index in [1.54, 1.807) is 0 Å². The number of rotatable bonds is 9. The van der Waals surface area contributed by atoms with Gasteiger partial charge in [0.1, 0.15) is 10.6 Å². The number of benzene rings is 1. The highest BCUT2D eigenvalue weighted by Crippen LogP contribution is 3.03. The molecule has 1 aromatic rings. The predicted octanol–water partition coefficient (Wildman–Crippen LogP) is 9.92. The summed E-state index contributed by atoms with van der Waals surface area (Å²) in [6.45, 7) is 2.31. The monoisotopic (exact) mass is 468 g/mol. The Bertz CT molecular complexity index is 704. The molecule has 31 heavy (non-hydrogen) atoms. The van der Waals surface area contributed by atoms with Crippen LogP contribution in [0.1, 0.15) is 84.0 Å². The van der Waals surface area contributed by atoms with E-state index in [1.807, 2.05) is 0 Å². The standard InChI is InChI=1S/C24H37F5OS/c1-2-3-4-7-19-10-14-21(15-11-19)22-16-12-20(13-17-22)18-30-23-8-5-6-9-24(23)31(25,26,27,28)29/h5-6,8-9,19-22H,2-4,7,10-18H2,1H3. The fourth-order valence-electron chi connectivity index (χ4n) is 5.55. The van der Waals surface area contributed by atoms with Gasteiger partial charge in [0.05, 0.1) is 6.61 Å². The van der Waals surface area contributed by atoms with Crippen molar-refractivity contribution in [2.75, 3.05) is 6.61 Å². The topological polar surface area (TPSA) is 9.23 Å². The van der Waals surface area contributed by atoms with Gasteiger partial charge in [-0.15, -0.1) is 0 Å². The molecule has 2 aliphatic carbocycles. The van der Waals surface area contributed by atoms with Crippen molar-refractivity contribution >= 4 is 10.2 Å². The Morgan fingerprint density at radius 2 is 1.32 bits per heavy atom. The van der Waals surface area contributed by atoms with E-state index in [1.165, 1.54) is 57.4 Å². The molecule has 0 aromatic heterocycles. The van der Waals surface area contributed by atoms with Crippen LogP contribution in [0.5, 0.6) is 5.75 Å². The molecule has 0 unspecified atom stereocenters. The molecule has 0 amide bonds. The number of halogens is 5. The minimum atomic E-state index is -9.76. The van der Waals surface area contributed by atoms with Gasteiger partial charge in [0.2, 0.25) is 0 Å². The predicted molar refractivity (Wildman–Crippen MR) is 118 cm³/mol. The summed E-state index contributed by atoms with van der Waals surface area (Å²) in [6, 6.07) is 3.70. The SMILES string of the molecule is CCCCCC1CCC(C2CCC(COc3ccccc3S(F)(F)(F)(F)F)CC2)CC1. The Labute approximate surface area is 183 Å². The van der Waals surface area contributed by atoms with E-state index in [4.69, 9.17) is 4.74 Å². The van der Waals surface area contributed by atoms with Crippen molar-refractivity contribution in [2.45, 2.75) is 88.9 Å². The van der Waals surface area contributed by atoms with E-state index in [0.29, 0.717) is 12.0 Å². The van der Waals surface area contributed by atoms with Gasteiger partial charge in [-0.3, -0.25) is 0 Å². The molecule has 0 radical (unpaired) electrons. The lowest BCUT2D eigenvalue weighted by Gasteiger charge is -2.41. The van der Waals surface area contributed by atoms with E-state index in [0.717, 1.165) is 49.7 Å². The summed E-state index contributed by atoms with van der Waals surface area (Å²) in [4.78, 5) is -1.91. The normalized spacial score (nSPS) is 29.7. The fraction of sp³-hybridized carbons (Fsp3) is 0.750. The summed E-state index contributed by atoms with van der Waals surface area (Å²) in [5.41, 5.74) is 0. The number of para-hydroxylation sites is 1. The van der Waals surface area contributed by atoms with Gasteiger partial charge in [0.25, 0.3) is 0 Å². The van der Waals surface area contributed by atoms with Crippen molar-refractivity contribution in [3.05, 3.63) is 24.3 Å². The van der Waals surface area contributed by atoms with Crippen molar-refractivity contribution in [3.63, 3.8) is 0 Å². The summed E-state index contributed by atoms with van der Waals surface area (Å²) in [5, 5.41) is 0. The molecule has 0 N–H and O–H groups in total. The third kappa shape index (κ3) is 7.26. The van der Waals surface area contributed by atoms with Crippen LogP contribution in [0.25, 0.3) is 0 Å². The molecule has 0 saturated heterocycles. The molecule has 0 heterocycles. The maximum Gasteiger partial charge on any atom is 0.313 e. The Kier molecular flexibility index (Phi) is 7.24. The van der Waals surface area contributed by atoms with Crippen LogP contribution < -0.4 is 4.74 Å². The van der Waals surface area contributed by atoms with Gasteiger partial charge in [-0.2, -0.15) is 0 Å². The van der Waals surface area contributed by atoms with Crippen molar-refractivity contribution in [1.82, 2.24) is 0 Å². The minimum Gasteiger partial charge on any atom is -0.492 e. The first kappa shape index (κ1) is 24.7. The third-order valence-corrected chi connectivity index (χ3v) is 8.57. The highest BCUT2D eigenvalue weighted by atomic mass is 32.5. The second-order valence-electron chi connectivity index (χ2n) is 9.78. The van der Waals surface area contributed by atoms with Gasteiger partial charge in [0.15, 0.2) is 0 Å². The van der Waals surface area contributed by atoms with E-state index in [9.17, 15) is 19.4 Å². The second kappa shape index (κ2) is 9.11. The highest BCUT2D eigenvalue weighted by Gasteiger charge is 2.67. The van der Waals surface area contributed by atoms with Crippen LogP contribution in [0.3, 0.4) is 0 Å². The molecule has 2 saturated carbocycles. The van der Waals surface area contributed by atoms with Gasteiger partial charge in [0, 0.05) is 0 Å². The molecule has 2 aliphatic rings. The van der Waals surface area contributed by atoms with Crippen LogP contribution in [0.15, 0.2) is 29.2 Å². The Hall–Kier alpha value is -0.980. The van der Waals surface area contributed by atoms with Crippen LogP contribution in [-0.4, -0.2) is 6.61 Å². The van der Waals surface area contributed by atoms with Gasteiger partial charge in [-0.25, -0.2) is 0 Å². The Morgan fingerprint density at radius 1 is 0.774 bits per heavy atom. The summed E-state index contributed by atoms with van der Waals surface area (Å²) in [6.07, 6.45) is 14.6. The van der Waals surface area contributed by atoms with Gasteiger partial charge in [-0.1, -0.05) is 77.0 Å². The lowest BCUT2D eigenvalue weighted by atomic mass is 9.69. The molecular weight excluding hydrogens is 431 g/mol. The molecule has 0 aliphatic heterocycles. The molecule has 1 nitrogen and oxygen atoms in total. The lowest BCUT2D eigenvalue weighted by Crippen LogP contribution is -2.27. The first-order valence-corrected chi connectivity index (χ1v) is 13.9.